The number of hydrazine groups is 1. The van der Waals surface area contributed by atoms with Crippen molar-refractivity contribution in [3.05, 3.63) is 35.9 Å². The zero-order chi connectivity index (χ0) is 12.3. The molecule has 1 saturated carbocycles. The van der Waals surface area contributed by atoms with Crippen LogP contribution in [-0.4, -0.2) is 20.1 Å². The smallest absolute Gasteiger partial charge is 0.266 e. The molecule has 1 aromatic carbocycles. The highest BCUT2D eigenvalue weighted by atomic mass is 32.2. The van der Waals surface area contributed by atoms with Crippen LogP contribution in [0.4, 0.5) is 0 Å². The molecule has 1 aromatic rings. The van der Waals surface area contributed by atoms with Crippen LogP contribution in [-0.2, 0) is 10.0 Å². The van der Waals surface area contributed by atoms with Gasteiger partial charge in [-0.15, -0.1) is 4.83 Å². The number of carbonyl (C=O) groups excluding carboxylic acids is 1. The largest absolute Gasteiger partial charge is 0.274 e. The van der Waals surface area contributed by atoms with Crippen LogP contribution in [0.5, 0.6) is 0 Å². The molecule has 1 fully saturated rings. The number of carbonyl (C=O) groups is 1. The molecule has 5 nitrogen and oxygen atoms in total. The molecule has 0 aromatic heterocycles. The van der Waals surface area contributed by atoms with Crippen LogP contribution in [0.1, 0.15) is 23.2 Å². The summed E-state index contributed by atoms with van der Waals surface area (Å²) in [6.07, 6.45) is 1.90. The molecule has 0 unspecified atom stereocenters. The van der Waals surface area contributed by atoms with Crippen LogP contribution in [0.2, 0.25) is 0 Å². The fraction of sp³-hybridized carbons (Fsp3) is 0.364. The van der Waals surface area contributed by atoms with Gasteiger partial charge in [-0.25, -0.2) is 8.42 Å². The number of nitrogens with one attached hydrogen (secondary N) is 2. The molecule has 6 heteroatoms. The lowest BCUT2D eigenvalue weighted by Crippen LogP contribution is -2.42. The monoisotopic (exact) mass is 254 g/mol. The van der Waals surface area contributed by atoms with E-state index in [2.05, 4.69) is 10.3 Å². The summed E-state index contributed by atoms with van der Waals surface area (Å²) >= 11 is 0. The maximum absolute atomic E-state index is 11.6. The average Bonchev–Trinajstić information content (AvgIpc) is 3.10. The molecule has 1 aliphatic rings. The van der Waals surface area contributed by atoms with Crippen LogP contribution in [0.25, 0.3) is 0 Å². The molecule has 0 atom stereocenters. The van der Waals surface area contributed by atoms with E-state index in [4.69, 9.17) is 0 Å². The quantitative estimate of drug-likeness (QED) is 0.758. The van der Waals surface area contributed by atoms with E-state index in [1.54, 1.807) is 30.3 Å². The number of sulfonamides is 1. The molecule has 17 heavy (non-hydrogen) atoms. The second-order valence-electron chi connectivity index (χ2n) is 4.15. The molecule has 1 amide bonds. The van der Waals surface area contributed by atoms with Crippen molar-refractivity contribution in [2.24, 2.45) is 5.92 Å². The summed E-state index contributed by atoms with van der Waals surface area (Å²) in [6.45, 7) is 0. The number of hydrogen-bond donors (Lipinski definition) is 2. The number of hydrogen-bond acceptors (Lipinski definition) is 3. The predicted octanol–water partition coefficient (Wildman–Crippen LogP) is 0.661. The van der Waals surface area contributed by atoms with E-state index in [9.17, 15) is 13.2 Å². The first-order valence-corrected chi connectivity index (χ1v) is 7.07. The summed E-state index contributed by atoms with van der Waals surface area (Å²) in [7, 11) is -3.40. The second kappa shape index (κ2) is 4.85. The van der Waals surface area contributed by atoms with Gasteiger partial charge in [0.2, 0.25) is 10.0 Å². The van der Waals surface area contributed by atoms with Crippen LogP contribution in [0.3, 0.4) is 0 Å². The van der Waals surface area contributed by atoms with Crippen molar-refractivity contribution in [2.75, 3.05) is 5.75 Å². The molecule has 0 spiro atoms. The Morgan fingerprint density at radius 2 is 1.88 bits per heavy atom. The van der Waals surface area contributed by atoms with E-state index < -0.39 is 15.9 Å². The van der Waals surface area contributed by atoms with Crippen LogP contribution >= 0.6 is 0 Å². The normalized spacial score (nSPS) is 15.5. The Morgan fingerprint density at radius 1 is 1.24 bits per heavy atom. The van der Waals surface area contributed by atoms with Gasteiger partial charge in [-0.3, -0.25) is 10.2 Å². The number of rotatable bonds is 5. The van der Waals surface area contributed by atoms with Crippen molar-refractivity contribution in [1.82, 2.24) is 10.3 Å². The van der Waals surface area contributed by atoms with Crippen LogP contribution in [0, 0.1) is 5.92 Å². The van der Waals surface area contributed by atoms with Gasteiger partial charge in [-0.1, -0.05) is 18.2 Å². The summed E-state index contributed by atoms with van der Waals surface area (Å²) < 4.78 is 23.0. The van der Waals surface area contributed by atoms with Gasteiger partial charge in [0.1, 0.15) is 0 Å². The van der Waals surface area contributed by atoms with Crippen LogP contribution < -0.4 is 10.3 Å². The lowest BCUT2D eigenvalue weighted by Gasteiger charge is -2.07. The van der Waals surface area contributed by atoms with E-state index in [1.165, 1.54) is 0 Å². The van der Waals surface area contributed by atoms with Crippen molar-refractivity contribution >= 4 is 15.9 Å². The van der Waals surface area contributed by atoms with Crippen molar-refractivity contribution < 1.29 is 13.2 Å². The summed E-state index contributed by atoms with van der Waals surface area (Å²) in [4.78, 5) is 13.7. The lowest BCUT2D eigenvalue weighted by atomic mass is 10.2. The minimum absolute atomic E-state index is 0.0854. The van der Waals surface area contributed by atoms with Gasteiger partial charge in [0, 0.05) is 5.56 Å². The Morgan fingerprint density at radius 3 is 2.47 bits per heavy atom. The van der Waals surface area contributed by atoms with Gasteiger partial charge in [0.15, 0.2) is 0 Å². The molecule has 0 saturated heterocycles. The third-order valence-corrected chi connectivity index (χ3v) is 3.83. The second-order valence-corrected chi connectivity index (χ2v) is 5.91. The van der Waals surface area contributed by atoms with E-state index >= 15 is 0 Å². The highest BCUT2D eigenvalue weighted by Gasteiger charge is 2.28. The highest BCUT2D eigenvalue weighted by molar-refractivity contribution is 7.89. The van der Waals surface area contributed by atoms with Crippen molar-refractivity contribution in [2.45, 2.75) is 12.8 Å². The van der Waals surface area contributed by atoms with E-state index in [1.807, 2.05) is 0 Å². The van der Waals surface area contributed by atoms with Crippen molar-refractivity contribution in [1.29, 1.82) is 0 Å². The zero-order valence-corrected chi connectivity index (χ0v) is 10.0. The highest BCUT2D eigenvalue weighted by Crippen LogP contribution is 2.29. The topological polar surface area (TPSA) is 75.3 Å². The maximum Gasteiger partial charge on any atom is 0.266 e. The van der Waals surface area contributed by atoms with Gasteiger partial charge in [0.25, 0.3) is 5.91 Å². The average molecular weight is 254 g/mol. The Labute approximate surface area is 100 Å². The predicted molar refractivity (Wildman–Crippen MR) is 63.6 cm³/mol. The van der Waals surface area contributed by atoms with E-state index in [0.29, 0.717) is 5.56 Å². The summed E-state index contributed by atoms with van der Waals surface area (Å²) in [5.74, 6) is -0.117. The standard InChI is InChI=1S/C11H14N2O3S/c14-11(10-4-2-1-3-5-10)12-13-17(15,16)8-9-6-7-9/h1-5,9,13H,6-8H2,(H,12,14). The Kier molecular flexibility index (Phi) is 3.44. The van der Waals surface area contributed by atoms with Crippen molar-refractivity contribution in [3.8, 4) is 0 Å². The van der Waals surface area contributed by atoms with Gasteiger partial charge < -0.3 is 0 Å². The van der Waals surface area contributed by atoms with Gasteiger partial charge in [-0.2, -0.15) is 0 Å². The molecule has 2 rings (SSSR count). The fourth-order valence-corrected chi connectivity index (χ4v) is 2.71. The first kappa shape index (κ1) is 12.1. The number of amides is 1. The minimum atomic E-state index is -3.40. The molecular formula is C11H14N2O3S. The summed E-state index contributed by atoms with van der Waals surface area (Å²) in [6, 6.07) is 8.45. The third-order valence-electron chi connectivity index (χ3n) is 2.51. The van der Waals surface area contributed by atoms with E-state index in [0.717, 1.165) is 12.8 Å². The first-order valence-electron chi connectivity index (χ1n) is 5.42. The molecule has 0 radical (unpaired) electrons. The van der Waals surface area contributed by atoms with Crippen molar-refractivity contribution in [3.63, 3.8) is 0 Å². The first-order chi connectivity index (χ1) is 8.07. The SMILES string of the molecule is O=C(NNS(=O)(=O)CC1CC1)c1ccccc1. The fourth-order valence-electron chi connectivity index (χ4n) is 1.42. The molecule has 1 aliphatic carbocycles. The van der Waals surface area contributed by atoms with E-state index in [-0.39, 0.29) is 11.7 Å². The van der Waals surface area contributed by atoms with Gasteiger partial charge in [-0.05, 0) is 30.9 Å². The third kappa shape index (κ3) is 3.83. The number of benzene rings is 1. The molecular weight excluding hydrogens is 240 g/mol. The molecule has 0 heterocycles. The Bertz CT molecular complexity index is 495. The lowest BCUT2D eigenvalue weighted by molar-refractivity contribution is 0.0945. The summed E-state index contributed by atoms with van der Waals surface area (Å²) in [5, 5.41) is 0. The maximum atomic E-state index is 11.6. The molecule has 2 N–H and O–H groups in total. The molecule has 92 valence electrons. The molecule has 0 aliphatic heterocycles. The summed E-state index contributed by atoms with van der Waals surface area (Å²) in [5.41, 5.74) is 2.61. The van der Waals surface area contributed by atoms with Gasteiger partial charge in [0.05, 0.1) is 5.75 Å². The Balaban J connectivity index is 1.87. The molecule has 0 bridgehead atoms. The zero-order valence-electron chi connectivity index (χ0n) is 9.22. The Hall–Kier alpha value is -1.40. The van der Waals surface area contributed by atoms with Gasteiger partial charge >= 0.3 is 0 Å². The van der Waals surface area contributed by atoms with Crippen LogP contribution in [0.15, 0.2) is 30.3 Å². The minimum Gasteiger partial charge on any atom is -0.274 e.